The van der Waals surface area contributed by atoms with Crippen molar-refractivity contribution in [3.05, 3.63) is 130 Å². The first-order chi connectivity index (χ1) is 20.4. The summed E-state index contributed by atoms with van der Waals surface area (Å²) in [5, 5.41) is 19.7. The number of hydrogen-bond acceptors (Lipinski definition) is 6. The number of halogens is 5. The van der Waals surface area contributed by atoms with E-state index in [1.165, 1.54) is 46.4 Å². The number of alkyl halides is 3. The predicted octanol–water partition coefficient (Wildman–Crippen LogP) is 3.99. The lowest BCUT2D eigenvalue weighted by atomic mass is 9.92. The first-order valence-electron chi connectivity index (χ1n) is 13.0. The monoisotopic (exact) mass is 599 g/mol. The van der Waals surface area contributed by atoms with Gasteiger partial charge in [0.15, 0.2) is 0 Å². The van der Waals surface area contributed by atoms with Crippen molar-refractivity contribution >= 4 is 0 Å². The molecule has 0 fully saturated rings. The summed E-state index contributed by atoms with van der Waals surface area (Å²) in [6.45, 7) is 0.176. The fraction of sp³-hybridized carbons (Fsp3) is 0.241. The Morgan fingerprint density at radius 1 is 0.907 bits per heavy atom. The van der Waals surface area contributed by atoms with Gasteiger partial charge in [0.25, 0.3) is 0 Å². The molecular weight excluding hydrogens is 573 g/mol. The average molecular weight is 600 g/mol. The van der Waals surface area contributed by atoms with Crippen LogP contribution in [0.25, 0.3) is 5.69 Å². The topological polar surface area (TPSA) is 94.0 Å². The van der Waals surface area contributed by atoms with Crippen LogP contribution in [-0.4, -0.2) is 52.7 Å². The van der Waals surface area contributed by atoms with E-state index >= 15 is 0 Å². The predicted molar refractivity (Wildman–Crippen MR) is 145 cm³/mol. The van der Waals surface area contributed by atoms with Crippen LogP contribution < -0.4 is 5.69 Å². The number of nitrogens with zero attached hydrogens (tertiary/aromatic N) is 7. The highest BCUT2D eigenvalue weighted by Crippen LogP contribution is 2.30. The Morgan fingerprint density at radius 2 is 1.60 bits per heavy atom. The second kappa shape index (κ2) is 11.9. The van der Waals surface area contributed by atoms with Gasteiger partial charge in [0.05, 0.1) is 24.3 Å². The van der Waals surface area contributed by atoms with E-state index in [9.17, 15) is 31.9 Å². The van der Waals surface area contributed by atoms with Crippen molar-refractivity contribution in [2.24, 2.45) is 0 Å². The van der Waals surface area contributed by atoms with Gasteiger partial charge in [-0.15, -0.1) is 0 Å². The molecule has 14 heteroatoms. The maximum absolute atomic E-state index is 14.7. The van der Waals surface area contributed by atoms with Crippen LogP contribution in [0, 0.1) is 11.6 Å². The Hall–Kier alpha value is -4.69. The highest BCUT2D eigenvalue weighted by molar-refractivity contribution is 5.34. The first-order valence-corrected chi connectivity index (χ1v) is 13.0. The highest BCUT2D eigenvalue weighted by atomic mass is 19.4. The van der Waals surface area contributed by atoms with Crippen LogP contribution in [-0.2, 0) is 31.4 Å². The molecular formula is C29H26F5N7O2. The molecule has 224 valence electrons. The number of likely N-dealkylation sites (N-methyl/N-ethyl adjacent to an activating group) is 1. The lowest BCUT2D eigenvalue weighted by Gasteiger charge is -2.33. The molecule has 0 amide bonds. The van der Waals surface area contributed by atoms with Gasteiger partial charge >= 0.3 is 11.9 Å². The molecule has 1 atom stereocenters. The zero-order valence-electron chi connectivity index (χ0n) is 22.8. The number of hydrogen-bond donors (Lipinski definition) is 1. The van der Waals surface area contributed by atoms with Crippen molar-refractivity contribution in [3.8, 4) is 5.69 Å². The third kappa shape index (κ3) is 6.87. The maximum Gasteiger partial charge on any atom is 0.416 e. The summed E-state index contributed by atoms with van der Waals surface area (Å²) in [7, 11) is 1.73. The summed E-state index contributed by atoms with van der Waals surface area (Å²) in [5.41, 5.74) is -1.27. The Balaban J connectivity index is 1.28. The van der Waals surface area contributed by atoms with E-state index < -0.39 is 34.7 Å². The molecule has 1 N–H and O–H groups in total. The van der Waals surface area contributed by atoms with E-state index in [1.54, 1.807) is 36.2 Å². The molecule has 0 saturated heterocycles. The summed E-state index contributed by atoms with van der Waals surface area (Å²) in [5.74, 6) is -1.65. The molecule has 9 nitrogen and oxygen atoms in total. The number of benzene rings is 3. The molecule has 3 aromatic carbocycles. The van der Waals surface area contributed by atoms with E-state index in [0.717, 1.165) is 28.4 Å². The lowest BCUT2D eigenvalue weighted by molar-refractivity contribution is -0.137. The third-order valence-electron chi connectivity index (χ3n) is 6.87. The fourth-order valence-corrected chi connectivity index (χ4v) is 4.84. The maximum atomic E-state index is 14.7. The quantitative estimate of drug-likeness (QED) is 0.244. The van der Waals surface area contributed by atoms with Gasteiger partial charge in [0.2, 0.25) is 0 Å². The molecule has 43 heavy (non-hydrogen) atoms. The summed E-state index contributed by atoms with van der Waals surface area (Å²) in [4.78, 5) is 18.5. The van der Waals surface area contributed by atoms with E-state index in [2.05, 4.69) is 15.2 Å². The molecule has 0 bridgehead atoms. The van der Waals surface area contributed by atoms with E-state index in [1.807, 2.05) is 0 Å². The molecule has 0 spiro atoms. The normalized spacial score (nSPS) is 13.4. The summed E-state index contributed by atoms with van der Waals surface area (Å²) in [6.07, 6.45) is -0.443. The molecule has 2 heterocycles. The SMILES string of the molecule is CN(Cc1ccc(-n2cnn(Cc3ccc(C(F)(F)F)cc3)c2=O)cc1)CC(O)(Cn1cncn1)c1ccc(F)cc1F. The van der Waals surface area contributed by atoms with Gasteiger partial charge in [-0.1, -0.05) is 30.3 Å². The van der Waals surface area contributed by atoms with Crippen molar-refractivity contribution in [2.75, 3.05) is 13.6 Å². The minimum Gasteiger partial charge on any atom is -0.382 e. The minimum absolute atomic E-state index is 0.000990. The minimum atomic E-state index is -4.45. The van der Waals surface area contributed by atoms with Crippen molar-refractivity contribution in [1.29, 1.82) is 0 Å². The Labute approximate surface area is 242 Å². The third-order valence-corrected chi connectivity index (χ3v) is 6.87. The second-order valence-electron chi connectivity index (χ2n) is 10.2. The van der Waals surface area contributed by atoms with Crippen LogP contribution in [0.5, 0.6) is 0 Å². The standard InChI is InChI=1S/C29H26F5N7O2/c1-38(15-28(43,16-39-18-35-17-36-39)25-11-8-23(30)12-26(25)31)13-20-4-9-24(10-5-20)40-19-37-41(27(40)42)14-21-2-6-22(7-3-21)29(32,33)34/h2-12,17-19,43H,13-16H2,1H3. The van der Waals surface area contributed by atoms with Crippen LogP contribution in [0.1, 0.15) is 22.3 Å². The largest absolute Gasteiger partial charge is 0.416 e. The van der Waals surface area contributed by atoms with Gasteiger partial charge in [-0.2, -0.15) is 23.4 Å². The van der Waals surface area contributed by atoms with Crippen molar-refractivity contribution in [1.82, 2.24) is 34.0 Å². The molecule has 0 aliphatic rings. The Morgan fingerprint density at radius 3 is 2.23 bits per heavy atom. The first kappa shape index (κ1) is 29.8. The Bertz CT molecular complexity index is 1730. The van der Waals surface area contributed by atoms with Gasteiger partial charge < -0.3 is 5.11 Å². The smallest absolute Gasteiger partial charge is 0.382 e. The van der Waals surface area contributed by atoms with E-state index in [-0.39, 0.29) is 25.2 Å². The van der Waals surface area contributed by atoms with Gasteiger partial charge in [-0.25, -0.2) is 32.5 Å². The van der Waals surface area contributed by atoms with Crippen LogP contribution >= 0.6 is 0 Å². The molecule has 0 aliphatic heterocycles. The zero-order chi connectivity index (χ0) is 30.8. The van der Waals surface area contributed by atoms with Crippen molar-refractivity contribution < 1.29 is 27.1 Å². The lowest BCUT2D eigenvalue weighted by Crippen LogP contribution is -2.43. The number of rotatable bonds is 10. The van der Waals surface area contributed by atoms with Crippen molar-refractivity contribution in [2.45, 2.75) is 31.4 Å². The molecule has 5 rings (SSSR count). The number of aliphatic hydroxyl groups is 1. The van der Waals surface area contributed by atoms with Gasteiger partial charge in [-0.3, -0.25) is 4.90 Å². The molecule has 1 unspecified atom stereocenters. The summed E-state index contributed by atoms with van der Waals surface area (Å²) < 4.78 is 70.6. The van der Waals surface area contributed by atoms with Crippen LogP contribution in [0.2, 0.25) is 0 Å². The molecule has 0 saturated carbocycles. The molecule has 0 radical (unpaired) electrons. The van der Waals surface area contributed by atoms with Crippen LogP contribution in [0.15, 0.2) is 90.5 Å². The zero-order valence-corrected chi connectivity index (χ0v) is 22.8. The summed E-state index contributed by atoms with van der Waals surface area (Å²) in [6, 6.07) is 14.5. The van der Waals surface area contributed by atoms with Crippen LogP contribution in [0.3, 0.4) is 0 Å². The van der Waals surface area contributed by atoms with Gasteiger partial charge in [0, 0.05) is 24.7 Å². The van der Waals surface area contributed by atoms with Crippen LogP contribution in [0.4, 0.5) is 22.0 Å². The molecule has 5 aromatic rings. The number of aromatic nitrogens is 6. The highest BCUT2D eigenvalue weighted by Gasteiger charge is 2.35. The average Bonchev–Trinajstić information content (AvgIpc) is 3.58. The second-order valence-corrected chi connectivity index (χ2v) is 10.2. The fourth-order valence-electron chi connectivity index (χ4n) is 4.84. The van der Waals surface area contributed by atoms with Crippen molar-refractivity contribution in [3.63, 3.8) is 0 Å². The molecule has 2 aromatic heterocycles. The van der Waals surface area contributed by atoms with E-state index in [0.29, 0.717) is 23.9 Å². The summed E-state index contributed by atoms with van der Waals surface area (Å²) >= 11 is 0. The van der Waals surface area contributed by atoms with Gasteiger partial charge in [0.1, 0.15) is 36.2 Å². The molecule has 0 aliphatic carbocycles. The Kier molecular flexibility index (Phi) is 8.24. The van der Waals surface area contributed by atoms with Gasteiger partial charge in [-0.05, 0) is 48.5 Å². The van der Waals surface area contributed by atoms with E-state index in [4.69, 9.17) is 0 Å².